The first-order valence-electron chi connectivity index (χ1n) is 10.7. The van der Waals surface area contributed by atoms with E-state index in [0.717, 1.165) is 39.1 Å². The van der Waals surface area contributed by atoms with Gasteiger partial charge in [-0.2, -0.15) is 4.31 Å². The summed E-state index contributed by atoms with van der Waals surface area (Å²) in [5.74, 6) is -0.315. The van der Waals surface area contributed by atoms with Gasteiger partial charge in [0.15, 0.2) is 0 Å². The minimum atomic E-state index is -3.86. The highest BCUT2D eigenvalue weighted by Crippen LogP contribution is 2.31. The molecule has 5 nitrogen and oxygen atoms in total. The molecule has 0 fully saturated rings. The SMILES string of the molecule is Cc1ccc(S(=O)(=O)N2Cc3ccccc3C[C@@H]2C(=O)Nc2c(C)cc(C)cc2C)cc1. The van der Waals surface area contributed by atoms with E-state index in [9.17, 15) is 13.2 Å². The minimum absolute atomic E-state index is 0.163. The zero-order chi connectivity index (χ0) is 23.0. The second-order valence-electron chi connectivity index (χ2n) is 8.61. The Balaban J connectivity index is 1.74. The van der Waals surface area contributed by atoms with Crippen molar-refractivity contribution in [1.29, 1.82) is 0 Å². The second-order valence-corrected chi connectivity index (χ2v) is 10.5. The van der Waals surface area contributed by atoms with Crippen LogP contribution in [0.4, 0.5) is 5.69 Å². The molecule has 166 valence electrons. The Morgan fingerprint density at radius 2 is 1.47 bits per heavy atom. The first-order valence-corrected chi connectivity index (χ1v) is 12.1. The van der Waals surface area contributed by atoms with Gasteiger partial charge in [0.05, 0.1) is 4.90 Å². The van der Waals surface area contributed by atoms with Crippen molar-refractivity contribution in [3.05, 3.63) is 94.0 Å². The monoisotopic (exact) mass is 448 g/mol. The van der Waals surface area contributed by atoms with Gasteiger partial charge in [-0.05, 0) is 68.5 Å². The number of hydrogen-bond donors (Lipinski definition) is 1. The molecule has 4 rings (SSSR count). The van der Waals surface area contributed by atoms with Crippen molar-refractivity contribution in [2.45, 2.75) is 51.6 Å². The Morgan fingerprint density at radius 1 is 0.875 bits per heavy atom. The first kappa shape index (κ1) is 22.2. The smallest absolute Gasteiger partial charge is 0.244 e. The summed E-state index contributed by atoms with van der Waals surface area (Å²) in [7, 11) is -3.86. The average molecular weight is 449 g/mol. The summed E-state index contributed by atoms with van der Waals surface area (Å²) < 4.78 is 28.5. The molecule has 1 N–H and O–H groups in total. The van der Waals surface area contributed by atoms with E-state index in [1.807, 2.05) is 64.1 Å². The third-order valence-electron chi connectivity index (χ3n) is 6.06. The predicted octanol–water partition coefficient (Wildman–Crippen LogP) is 4.67. The fraction of sp³-hybridized carbons (Fsp3) is 0.269. The van der Waals surface area contributed by atoms with Crippen LogP contribution in [-0.2, 0) is 27.8 Å². The van der Waals surface area contributed by atoms with Gasteiger partial charge < -0.3 is 5.32 Å². The lowest BCUT2D eigenvalue weighted by atomic mass is 9.95. The van der Waals surface area contributed by atoms with Crippen LogP contribution >= 0.6 is 0 Å². The zero-order valence-corrected chi connectivity index (χ0v) is 19.7. The maximum absolute atomic E-state index is 13.6. The Bertz CT molecular complexity index is 1260. The number of nitrogens with zero attached hydrogens (tertiary/aromatic N) is 1. The highest BCUT2D eigenvalue weighted by molar-refractivity contribution is 7.89. The molecule has 6 heteroatoms. The number of aryl methyl sites for hydroxylation is 4. The number of hydrogen-bond acceptors (Lipinski definition) is 3. The van der Waals surface area contributed by atoms with E-state index in [1.165, 1.54) is 4.31 Å². The second kappa shape index (κ2) is 8.52. The molecule has 32 heavy (non-hydrogen) atoms. The Morgan fingerprint density at radius 3 is 2.09 bits per heavy atom. The van der Waals surface area contributed by atoms with Crippen molar-refractivity contribution >= 4 is 21.6 Å². The zero-order valence-electron chi connectivity index (χ0n) is 18.8. The van der Waals surface area contributed by atoms with Crippen molar-refractivity contribution in [2.24, 2.45) is 0 Å². The molecular formula is C26H28N2O3S. The number of sulfonamides is 1. The molecule has 0 saturated carbocycles. The van der Waals surface area contributed by atoms with Gasteiger partial charge in [0.1, 0.15) is 6.04 Å². The molecule has 0 aliphatic carbocycles. The van der Waals surface area contributed by atoms with Gasteiger partial charge in [-0.15, -0.1) is 0 Å². The number of fused-ring (bicyclic) bond motifs is 1. The Kier molecular flexibility index (Phi) is 5.93. The van der Waals surface area contributed by atoms with Crippen LogP contribution in [0.25, 0.3) is 0 Å². The normalized spacial score (nSPS) is 16.4. The predicted molar refractivity (Wildman–Crippen MR) is 127 cm³/mol. The molecule has 1 heterocycles. The van der Waals surface area contributed by atoms with E-state index in [0.29, 0.717) is 6.42 Å². The summed E-state index contributed by atoms with van der Waals surface area (Å²) in [6.45, 7) is 7.99. The van der Waals surface area contributed by atoms with Crippen LogP contribution in [0, 0.1) is 27.7 Å². The molecule has 3 aromatic carbocycles. The first-order chi connectivity index (χ1) is 15.2. The number of carbonyl (C=O) groups excluding carboxylic acids is 1. The third kappa shape index (κ3) is 4.20. The van der Waals surface area contributed by atoms with Crippen LogP contribution in [0.15, 0.2) is 65.6 Å². The van der Waals surface area contributed by atoms with Crippen LogP contribution in [-0.4, -0.2) is 24.7 Å². The average Bonchev–Trinajstić information content (AvgIpc) is 2.75. The summed E-state index contributed by atoms with van der Waals surface area (Å²) in [6, 6.07) is 17.7. The van der Waals surface area contributed by atoms with Crippen LogP contribution < -0.4 is 5.32 Å². The lowest BCUT2D eigenvalue weighted by Gasteiger charge is -2.35. The number of anilines is 1. The Labute approximate surface area is 190 Å². The van der Waals surface area contributed by atoms with E-state index in [2.05, 4.69) is 5.32 Å². The molecule has 0 spiro atoms. The van der Waals surface area contributed by atoms with Gasteiger partial charge in [0.25, 0.3) is 0 Å². The standard InChI is InChI=1S/C26H28N2O3S/c1-17-9-11-23(12-10-17)32(30,31)28-16-22-8-6-5-7-21(22)15-24(28)26(29)27-25-19(3)13-18(2)14-20(25)4/h5-14,24H,15-16H2,1-4H3,(H,27,29)/t24-/m1/s1. The summed E-state index contributed by atoms with van der Waals surface area (Å²) in [5, 5.41) is 3.02. The molecule has 1 amide bonds. The quantitative estimate of drug-likeness (QED) is 0.631. The van der Waals surface area contributed by atoms with Gasteiger partial charge >= 0.3 is 0 Å². The molecular weight excluding hydrogens is 420 g/mol. The van der Waals surface area contributed by atoms with Gasteiger partial charge in [0.2, 0.25) is 15.9 Å². The highest BCUT2D eigenvalue weighted by Gasteiger charge is 2.39. The highest BCUT2D eigenvalue weighted by atomic mass is 32.2. The molecule has 0 radical (unpaired) electrons. The fourth-order valence-electron chi connectivity index (χ4n) is 4.40. The van der Waals surface area contributed by atoms with E-state index < -0.39 is 16.1 Å². The number of carbonyl (C=O) groups is 1. The number of nitrogens with one attached hydrogen (secondary N) is 1. The largest absolute Gasteiger partial charge is 0.324 e. The maximum atomic E-state index is 13.6. The molecule has 1 aliphatic heterocycles. The van der Waals surface area contributed by atoms with Crippen molar-refractivity contribution < 1.29 is 13.2 Å². The minimum Gasteiger partial charge on any atom is -0.324 e. The fourth-order valence-corrected chi connectivity index (χ4v) is 5.97. The van der Waals surface area contributed by atoms with Gasteiger partial charge in [0, 0.05) is 12.2 Å². The van der Waals surface area contributed by atoms with Crippen LogP contribution in [0.5, 0.6) is 0 Å². The van der Waals surface area contributed by atoms with Gasteiger partial charge in [-0.25, -0.2) is 8.42 Å². The molecule has 1 atom stereocenters. The Hall–Kier alpha value is -2.96. The molecule has 0 saturated heterocycles. The maximum Gasteiger partial charge on any atom is 0.244 e. The van der Waals surface area contributed by atoms with E-state index in [4.69, 9.17) is 0 Å². The molecule has 0 bridgehead atoms. The van der Waals surface area contributed by atoms with E-state index in [1.54, 1.807) is 24.3 Å². The van der Waals surface area contributed by atoms with Crippen LogP contribution in [0.3, 0.4) is 0 Å². The third-order valence-corrected chi connectivity index (χ3v) is 7.93. The molecule has 1 aliphatic rings. The summed E-state index contributed by atoms with van der Waals surface area (Å²) in [5.41, 5.74) is 6.68. The molecule has 0 unspecified atom stereocenters. The van der Waals surface area contributed by atoms with E-state index >= 15 is 0 Å². The van der Waals surface area contributed by atoms with Crippen LogP contribution in [0.2, 0.25) is 0 Å². The summed E-state index contributed by atoms with van der Waals surface area (Å²) in [6.07, 6.45) is 0.330. The van der Waals surface area contributed by atoms with Crippen molar-refractivity contribution in [2.75, 3.05) is 5.32 Å². The number of amides is 1. The van der Waals surface area contributed by atoms with Crippen molar-refractivity contribution in [1.82, 2.24) is 4.31 Å². The molecule has 0 aromatic heterocycles. The van der Waals surface area contributed by atoms with E-state index in [-0.39, 0.29) is 17.3 Å². The number of rotatable bonds is 4. The van der Waals surface area contributed by atoms with Gasteiger partial charge in [-0.1, -0.05) is 59.7 Å². The topological polar surface area (TPSA) is 66.5 Å². The number of benzene rings is 3. The van der Waals surface area contributed by atoms with Crippen molar-refractivity contribution in [3.63, 3.8) is 0 Å². The lowest BCUT2D eigenvalue weighted by molar-refractivity contribution is -0.120. The van der Waals surface area contributed by atoms with Crippen LogP contribution in [0.1, 0.15) is 33.4 Å². The summed E-state index contributed by atoms with van der Waals surface area (Å²) >= 11 is 0. The summed E-state index contributed by atoms with van der Waals surface area (Å²) in [4.78, 5) is 13.7. The lowest BCUT2D eigenvalue weighted by Crippen LogP contribution is -2.50. The van der Waals surface area contributed by atoms with Gasteiger partial charge in [-0.3, -0.25) is 4.79 Å². The van der Waals surface area contributed by atoms with Crippen molar-refractivity contribution in [3.8, 4) is 0 Å². The molecule has 3 aromatic rings.